The minimum absolute atomic E-state index is 0.0178. The van der Waals surface area contributed by atoms with Crippen LogP contribution in [-0.2, 0) is 0 Å². The number of nitrogens with zero attached hydrogens (tertiary/aromatic N) is 2. The summed E-state index contributed by atoms with van der Waals surface area (Å²) in [6, 6.07) is 14.2. The average molecular weight is 397 g/mol. The lowest BCUT2D eigenvalue weighted by Crippen LogP contribution is -2.58. The Labute approximate surface area is 169 Å². The topological polar surface area (TPSA) is 6.48 Å². The van der Waals surface area contributed by atoms with E-state index in [4.69, 9.17) is 11.6 Å². The van der Waals surface area contributed by atoms with Gasteiger partial charge in [-0.2, -0.15) is 0 Å². The highest BCUT2D eigenvalue weighted by Gasteiger charge is 2.39. The van der Waals surface area contributed by atoms with Crippen LogP contribution in [0.3, 0.4) is 0 Å². The van der Waals surface area contributed by atoms with E-state index in [0.717, 1.165) is 0 Å². The summed E-state index contributed by atoms with van der Waals surface area (Å²) in [5.74, 6) is 0. The molecule has 27 heavy (non-hydrogen) atoms. The number of hydrogen-bond acceptors (Lipinski definition) is 2. The molecule has 0 saturated carbocycles. The van der Waals surface area contributed by atoms with Crippen molar-refractivity contribution in [3.63, 3.8) is 0 Å². The van der Waals surface area contributed by atoms with Crippen LogP contribution in [0.2, 0.25) is 13.1 Å². The van der Waals surface area contributed by atoms with Crippen LogP contribution in [-0.4, -0.2) is 34.3 Å². The standard InChI is InChI=1S/C23H29ClN2Si/c1-27(2)21-15-17(25-11-3-4-12-25)7-9-19(21)23(24)20-10-8-18(16-22(20)27)26-13-5-6-14-26/h7-10,15-16,23H,3-6,11-14H2,1-2H3. The van der Waals surface area contributed by atoms with Crippen molar-refractivity contribution in [3.8, 4) is 0 Å². The average Bonchev–Trinajstić information content (AvgIpc) is 3.39. The maximum Gasteiger partial charge on any atom is 0.113 e. The Balaban J connectivity index is 1.60. The number of anilines is 2. The summed E-state index contributed by atoms with van der Waals surface area (Å²) < 4.78 is 0. The third kappa shape index (κ3) is 2.82. The summed E-state index contributed by atoms with van der Waals surface area (Å²) in [6.45, 7) is 9.80. The van der Waals surface area contributed by atoms with Gasteiger partial charge in [0, 0.05) is 37.6 Å². The van der Waals surface area contributed by atoms with Crippen LogP contribution < -0.4 is 20.2 Å². The molecule has 2 nitrogen and oxygen atoms in total. The Hall–Kier alpha value is -1.45. The summed E-state index contributed by atoms with van der Waals surface area (Å²) in [6.07, 6.45) is 5.27. The quantitative estimate of drug-likeness (QED) is 0.550. The van der Waals surface area contributed by atoms with E-state index in [1.54, 1.807) is 0 Å². The zero-order chi connectivity index (χ0) is 18.6. The minimum atomic E-state index is -1.78. The van der Waals surface area contributed by atoms with Crippen molar-refractivity contribution < 1.29 is 0 Å². The smallest absolute Gasteiger partial charge is 0.113 e. The number of hydrogen-bond donors (Lipinski definition) is 0. The molecule has 0 aliphatic carbocycles. The van der Waals surface area contributed by atoms with E-state index in [9.17, 15) is 0 Å². The molecule has 3 aliphatic rings. The lowest BCUT2D eigenvalue weighted by Gasteiger charge is -2.38. The molecular weight excluding hydrogens is 368 g/mol. The molecule has 3 aliphatic heterocycles. The van der Waals surface area contributed by atoms with E-state index in [1.807, 2.05) is 0 Å². The van der Waals surface area contributed by atoms with Crippen molar-refractivity contribution in [1.29, 1.82) is 0 Å². The van der Waals surface area contributed by atoms with E-state index in [0.29, 0.717) is 0 Å². The highest BCUT2D eigenvalue weighted by atomic mass is 35.5. The fraction of sp³-hybridized carbons (Fsp3) is 0.478. The zero-order valence-corrected chi connectivity index (χ0v) is 18.2. The minimum Gasteiger partial charge on any atom is -0.372 e. The highest BCUT2D eigenvalue weighted by molar-refractivity contribution is 7.01. The van der Waals surface area contributed by atoms with Gasteiger partial charge >= 0.3 is 0 Å². The Morgan fingerprint density at radius 2 is 1.15 bits per heavy atom. The predicted molar refractivity (Wildman–Crippen MR) is 120 cm³/mol. The summed E-state index contributed by atoms with van der Waals surface area (Å²) in [5.41, 5.74) is 5.49. The van der Waals surface area contributed by atoms with Crippen LogP contribution in [0.5, 0.6) is 0 Å². The van der Waals surface area contributed by atoms with Crippen molar-refractivity contribution in [1.82, 2.24) is 0 Å². The molecule has 2 aromatic rings. The van der Waals surface area contributed by atoms with Gasteiger partial charge in [-0.1, -0.05) is 25.2 Å². The van der Waals surface area contributed by atoms with Gasteiger partial charge in [-0.25, -0.2) is 0 Å². The molecule has 0 N–H and O–H groups in total. The third-order valence-electron chi connectivity index (χ3n) is 6.91. The van der Waals surface area contributed by atoms with Gasteiger partial charge < -0.3 is 9.80 Å². The number of fused-ring (bicyclic) bond motifs is 2. The van der Waals surface area contributed by atoms with Crippen LogP contribution in [0, 0.1) is 0 Å². The van der Waals surface area contributed by atoms with Crippen molar-refractivity contribution in [3.05, 3.63) is 47.5 Å². The van der Waals surface area contributed by atoms with Crippen molar-refractivity contribution >= 4 is 41.4 Å². The Kier molecular flexibility index (Phi) is 4.28. The van der Waals surface area contributed by atoms with Crippen LogP contribution in [0.25, 0.3) is 0 Å². The van der Waals surface area contributed by atoms with Gasteiger partial charge in [0.2, 0.25) is 0 Å². The number of rotatable bonds is 2. The van der Waals surface area contributed by atoms with Gasteiger partial charge in [0.25, 0.3) is 0 Å². The normalized spacial score (nSPS) is 21.4. The number of halogens is 1. The molecule has 0 amide bonds. The first-order valence-corrected chi connectivity index (χ1v) is 13.9. The molecule has 0 spiro atoms. The second-order valence-electron chi connectivity index (χ2n) is 8.92. The SMILES string of the molecule is C[Si]1(C)c2cc(N3CCCC3)ccc2C(Cl)c2ccc(N3CCCC3)cc21. The van der Waals surface area contributed by atoms with Crippen LogP contribution in [0.1, 0.15) is 42.2 Å². The molecule has 2 saturated heterocycles. The molecule has 2 aromatic carbocycles. The molecular formula is C23H29ClN2Si. The molecule has 0 radical (unpaired) electrons. The monoisotopic (exact) mass is 396 g/mol. The van der Waals surface area contributed by atoms with Gasteiger partial charge in [-0.3, -0.25) is 0 Å². The van der Waals surface area contributed by atoms with E-state index >= 15 is 0 Å². The van der Waals surface area contributed by atoms with Crippen LogP contribution in [0.15, 0.2) is 36.4 Å². The second-order valence-corrected chi connectivity index (χ2v) is 13.7. The molecule has 3 heterocycles. The lowest BCUT2D eigenvalue weighted by atomic mass is 10.0. The number of benzene rings is 2. The molecule has 142 valence electrons. The summed E-state index contributed by atoms with van der Waals surface area (Å²) in [5, 5.41) is 3.06. The van der Waals surface area contributed by atoms with Crippen LogP contribution >= 0.6 is 11.6 Å². The first-order valence-electron chi connectivity index (χ1n) is 10.5. The summed E-state index contributed by atoms with van der Waals surface area (Å²) >= 11 is 7.02. The Bertz CT molecular complexity index is 797. The fourth-order valence-electron chi connectivity index (χ4n) is 5.27. The van der Waals surface area contributed by atoms with Crippen molar-refractivity contribution in [2.24, 2.45) is 0 Å². The molecule has 2 fully saturated rings. The fourth-order valence-corrected chi connectivity index (χ4v) is 9.04. The zero-order valence-electron chi connectivity index (χ0n) is 16.5. The molecule has 4 heteroatoms. The van der Waals surface area contributed by atoms with Gasteiger partial charge in [-0.05, 0) is 71.4 Å². The van der Waals surface area contributed by atoms with E-state index < -0.39 is 8.07 Å². The largest absolute Gasteiger partial charge is 0.372 e. The maximum absolute atomic E-state index is 7.02. The van der Waals surface area contributed by atoms with E-state index in [2.05, 4.69) is 59.3 Å². The molecule has 5 rings (SSSR count). The van der Waals surface area contributed by atoms with Gasteiger partial charge in [0.15, 0.2) is 0 Å². The van der Waals surface area contributed by atoms with Gasteiger partial charge in [0.05, 0.1) is 5.38 Å². The van der Waals surface area contributed by atoms with E-state index in [-0.39, 0.29) is 5.38 Å². The summed E-state index contributed by atoms with van der Waals surface area (Å²) in [4.78, 5) is 5.09. The lowest BCUT2D eigenvalue weighted by molar-refractivity contribution is 0.949. The van der Waals surface area contributed by atoms with E-state index in [1.165, 1.54) is 84.7 Å². The van der Waals surface area contributed by atoms with Crippen molar-refractivity contribution in [2.45, 2.75) is 44.2 Å². The summed E-state index contributed by atoms with van der Waals surface area (Å²) in [7, 11) is -1.78. The van der Waals surface area contributed by atoms with Gasteiger partial charge in [-0.15, -0.1) is 11.6 Å². The molecule has 0 bridgehead atoms. The molecule has 0 unspecified atom stereocenters. The second kappa shape index (κ2) is 6.56. The van der Waals surface area contributed by atoms with Crippen LogP contribution in [0.4, 0.5) is 11.4 Å². The highest BCUT2D eigenvalue weighted by Crippen LogP contribution is 2.36. The maximum atomic E-state index is 7.02. The third-order valence-corrected chi connectivity index (χ3v) is 10.9. The molecule has 0 aromatic heterocycles. The van der Waals surface area contributed by atoms with Gasteiger partial charge in [0.1, 0.15) is 8.07 Å². The Morgan fingerprint density at radius 3 is 1.56 bits per heavy atom. The first kappa shape index (κ1) is 17.6. The first-order chi connectivity index (χ1) is 13.1. The predicted octanol–water partition coefficient (Wildman–Crippen LogP) is 4.35. The molecule has 0 atom stereocenters. The Morgan fingerprint density at radius 1 is 0.741 bits per heavy atom. The number of alkyl halides is 1. The van der Waals surface area contributed by atoms with Crippen molar-refractivity contribution in [2.75, 3.05) is 36.0 Å².